The monoisotopic (exact) mass is 339 g/mol. The maximum Gasteiger partial charge on any atom is 0.237 e. The topological polar surface area (TPSA) is 58.4 Å². The zero-order valence-electron chi connectivity index (χ0n) is 12.0. The van der Waals surface area contributed by atoms with E-state index >= 15 is 0 Å². The molecule has 1 amide bonds. The number of rotatable bonds is 4. The van der Waals surface area contributed by atoms with Crippen molar-refractivity contribution in [1.29, 1.82) is 0 Å². The molecule has 3 N–H and O–H groups in total. The van der Waals surface area contributed by atoms with Crippen LogP contribution in [0.15, 0.2) is 28.7 Å². The molecular weight excluding hydrogens is 318 g/mol. The number of hydrogen-bond acceptors (Lipinski definition) is 3. The van der Waals surface area contributed by atoms with E-state index in [-0.39, 0.29) is 24.0 Å². The minimum Gasteiger partial charge on any atom is -0.358 e. The number of nitrogens with zero attached hydrogens (tertiary/aromatic N) is 1. The molecule has 0 saturated carbocycles. The van der Waals surface area contributed by atoms with Crippen LogP contribution in [0.2, 0.25) is 0 Å². The van der Waals surface area contributed by atoms with Crippen molar-refractivity contribution in [3.63, 3.8) is 0 Å². The molecule has 1 aromatic carbocycles. The highest BCUT2D eigenvalue weighted by molar-refractivity contribution is 9.10. The highest BCUT2D eigenvalue weighted by Gasteiger charge is 2.37. The van der Waals surface area contributed by atoms with Gasteiger partial charge in [0.15, 0.2) is 0 Å². The van der Waals surface area contributed by atoms with E-state index in [9.17, 15) is 4.79 Å². The Morgan fingerprint density at radius 3 is 2.80 bits per heavy atom. The fourth-order valence-electron chi connectivity index (χ4n) is 3.05. The second-order valence-electron chi connectivity index (χ2n) is 5.34. The van der Waals surface area contributed by atoms with Gasteiger partial charge in [-0.25, -0.2) is 0 Å². The van der Waals surface area contributed by atoms with Crippen molar-refractivity contribution in [1.82, 2.24) is 10.2 Å². The lowest BCUT2D eigenvalue weighted by Gasteiger charge is -2.35. The third kappa shape index (κ3) is 3.05. The molecule has 110 valence electrons. The Morgan fingerprint density at radius 1 is 1.50 bits per heavy atom. The zero-order valence-corrected chi connectivity index (χ0v) is 13.6. The van der Waals surface area contributed by atoms with Crippen LogP contribution >= 0.6 is 15.9 Å². The van der Waals surface area contributed by atoms with E-state index in [1.165, 1.54) is 0 Å². The smallest absolute Gasteiger partial charge is 0.237 e. The summed E-state index contributed by atoms with van der Waals surface area (Å²) in [6, 6.07) is 8.04. The first-order valence-electron chi connectivity index (χ1n) is 7.03. The van der Waals surface area contributed by atoms with Crippen LogP contribution in [-0.4, -0.2) is 36.5 Å². The van der Waals surface area contributed by atoms with E-state index in [1.807, 2.05) is 25.1 Å². The van der Waals surface area contributed by atoms with E-state index in [0.29, 0.717) is 0 Å². The number of likely N-dealkylation sites (N-methyl/N-ethyl adjacent to an activating group) is 1. The van der Waals surface area contributed by atoms with Crippen LogP contribution in [0, 0.1) is 0 Å². The van der Waals surface area contributed by atoms with E-state index in [1.54, 1.807) is 7.05 Å². The van der Waals surface area contributed by atoms with Crippen LogP contribution in [-0.2, 0) is 4.79 Å². The molecule has 0 aliphatic carbocycles. The summed E-state index contributed by atoms with van der Waals surface area (Å²) in [6.45, 7) is 2.91. The highest BCUT2D eigenvalue weighted by Crippen LogP contribution is 2.34. The standard InChI is InChI=1S/C15H22BrN3O/c1-10(17)14(11-6-3-4-7-12(11)16)19-9-5-8-13(19)15(20)18-2/h3-4,6-7,10,13-14H,5,8-9,17H2,1-2H3,(H,18,20). The Kier molecular flexibility index (Phi) is 5.18. The summed E-state index contributed by atoms with van der Waals surface area (Å²) < 4.78 is 1.05. The van der Waals surface area contributed by atoms with E-state index in [4.69, 9.17) is 5.73 Å². The molecule has 3 atom stereocenters. The largest absolute Gasteiger partial charge is 0.358 e. The fraction of sp³-hybridized carbons (Fsp3) is 0.533. The predicted octanol–water partition coefficient (Wildman–Crippen LogP) is 2.05. The van der Waals surface area contributed by atoms with Crippen molar-refractivity contribution in [3.8, 4) is 0 Å². The molecule has 20 heavy (non-hydrogen) atoms. The van der Waals surface area contributed by atoms with Gasteiger partial charge in [-0.3, -0.25) is 9.69 Å². The average molecular weight is 340 g/mol. The van der Waals surface area contributed by atoms with Gasteiger partial charge in [0.2, 0.25) is 5.91 Å². The maximum atomic E-state index is 12.1. The molecular formula is C15H22BrN3O. The van der Waals surface area contributed by atoms with Crippen molar-refractivity contribution >= 4 is 21.8 Å². The van der Waals surface area contributed by atoms with Gasteiger partial charge in [0, 0.05) is 17.6 Å². The van der Waals surface area contributed by atoms with Crippen molar-refractivity contribution in [2.24, 2.45) is 5.73 Å². The van der Waals surface area contributed by atoms with Crippen LogP contribution in [0.5, 0.6) is 0 Å². The number of amides is 1. The number of nitrogens with two attached hydrogens (primary N) is 1. The van der Waals surface area contributed by atoms with Crippen LogP contribution in [0.4, 0.5) is 0 Å². The van der Waals surface area contributed by atoms with Gasteiger partial charge in [0.25, 0.3) is 0 Å². The van der Waals surface area contributed by atoms with Gasteiger partial charge in [-0.1, -0.05) is 34.1 Å². The average Bonchev–Trinajstić information content (AvgIpc) is 2.89. The van der Waals surface area contributed by atoms with Crippen molar-refractivity contribution in [3.05, 3.63) is 34.3 Å². The first kappa shape index (κ1) is 15.5. The second-order valence-corrected chi connectivity index (χ2v) is 6.19. The van der Waals surface area contributed by atoms with Gasteiger partial charge in [0.1, 0.15) is 0 Å². The molecule has 0 aromatic heterocycles. The SMILES string of the molecule is CNC(=O)C1CCCN1C(c1ccccc1Br)C(C)N. The molecule has 1 aromatic rings. The quantitative estimate of drug-likeness (QED) is 0.882. The first-order valence-corrected chi connectivity index (χ1v) is 7.83. The molecule has 4 nitrogen and oxygen atoms in total. The summed E-state index contributed by atoms with van der Waals surface area (Å²) in [5.41, 5.74) is 7.38. The maximum absolute atomic E-state index is 12.1. The molecule has 1 saturated heterocycles. The fourth-order valence-corrected chi connectivity index (χ4v) is 3.57. The minimum atomic E-state index is -0.0805. The normalized spacial score (nSPS) is 22.5. The highest BCUT2D eigenvalue weighted by atomic mass is 79.9. The minimum absolute atomic E-state index is 0.0426. The Balaban J connectivity index is 2.34. The van der Waals surface area contributed by atoms with Gasteiger partial charge >= 0.3 is 0 Å². The summed E-state index contributed by atoms with van der Waals surface area (Å²) in [7, 11) is 1.69. The molecule has 0 spiro atoms. The summed E-state index contributed by atoms with van der Waals surface area (Å²) in [5.74, 6) is 0.0835. The first-order chi connectivity index (χ1) is 9.56. The zero-order chi connectivity index (χ0) is 14.7. The number of benzene rings is 1. The molecule has 2 rings (SSSR count). The Morgan fingerprint density at radius 2 is 2.20 bits per heavy atom. The molecule has 0 bridgehead atoms. The third-order valence-corrected chi connectivity index (χ3v) is 4.64. The molecule has 1 aliphatic rings. The number of likely N-dealkylation sites (tertiary alicyclic amines) is 1. The van der Waals surface area contributed by atoms with Crippen LogP contribution < -0.4 is 11.1 Å². The van der Waals surface area contributed by atoms with Crippen molar-refractivity contribution < 1.29 is 4.79 Å². The van der Waals surface area contributed by atoms with E-state index in [0.717, 1.165) is 29.4 Å². The molecule has 5 heteroatoms. The van der Waals surface area contributed by atoms with Crippen molar-refractivity contribution in [2.45, 2.75) is 37.9 Å². The molecule has 3 unspecified atom stereocenters. The summed E-state index contributed by atoms with van der Waals surface area (Å²) >= 11 is 3.60. The number of carbonyl (C=O) groups is 1. The Labute approximate surface area is 128 Å². The van der Waals surface area contributed by atoms with Crippen LogP contribution in [0.25, 0.3) is 0 Å². The number of halogens is 1. The van der Waals surface area contributed by atoms with Gasteiger partial charge in [-0.05, 0) is 37.9 Å². The van der Waals surface area contributed by atoms with Gasteiger partial charge in [-0.15, -0.1) is 0 Å². The van der Waals surface area contributed by atoms with Gasteiger partial charge in [0.05, 0.1) is 12.1 Å². The molecule has 1 fully saturated rings. The lowest BCUT2D eigenvalue weighted by molar-refractivity contribution is -0.125. The number of nitrogens with one attached hydrogen (secondary N) is 1. The Hall–Kier alpha value is -0.910. The lowest BCUT2D eigenvalue weighted by atomic mass is 9.98. The number of carbonyl (C=O) groups excluding carboxylic acids is 1. The third-order valence-electron chi connectivity index (χ3n) is 3.92. The predicted molar refractivity (Wildman–Crippen MR) is 84.3 cm³/mol. The summed E-state index contributed by atoms with van der Waals surface area (Å²) in [6.07, 6.45) is 1.93. The molecule has 1 aliphatic heterocycles. The molecule has 0 radical (unpaired) electrons. The summed E-state index contributed by atoms with van der Waals surface area (Å²) in [4.78, 5) is 14.3. The second kappa shape index (κ2) is 6.70. The number of hydrogen-bond donors (Lipinski definition) is 2. The van der Waals surface area contributed by atoms with Crippen molar-refractivity contribution in [2.75, 3.05) is 13.6 Å². The Bertz CT molecular complexity index is 478. The lowest BCUT2D eigenvalue weighted by Crippen LogP contribution is -2.48. The van der Waals surface area contributed by atoms with Gasteiger partial charge < -0.3 is 11.1 Å². The summed E-state index contributed by atoms with van der Waals surface area (Å²) in [5, 5.41) is 2.76. The van der Waals surface area contributed by atoms with E-state index < -0.39 is 0 Å². The van der Waals surface area contributed by atoms with Crippen LogP contribution in [0.3, 0.4) is 0 Å². The van der Waals surface area contributed by atoms with Gasteiger partial charge in [-0.2, -0.15) is 0 Å². The molecule has 1 heterocycles. The van der Waals surface area contributed by atoms with E-state index in [2.05, 4.69) is 32.2 Å². The van der Waals surface area contributed by atoms with Crippen LogP contribution in [0.1, 0.15) is 31.4 Å².